The molecule has 2 amide bonds. The van der Waals surface area contributed by atoms with E-state index in [1.165, 1.54) is 4.90 Å². The number of nitrogens with zero attached hydrogens (tertiary/aromatic N) is 2. The van der Waals surface area contributed by atoms with E-state index < -0.39 is 0 Å². The van der Waals surface area contributed by atoms with Gasteiger partial charge in [0.2, 0.25) is 11.8 Å². The van der Waals surface area contributed by atoms with Gasteiger partial charge in [-0.3, -0.25) is 19.5 Å². The molecule has 0 radical (unpaired) electrons. The second-order valence-electron chi connectivity index (χ2n) is 7.95. The number of benzene rings is 1. The van der Waals surface area contributed by atoms with Crippen LogP contribution in [0.15, 0.2) is 47.5 Å². The van der Waals surface area contributed by atoms with Gasteiger partial charge in [0.1, 0.15) is 11.9 Å². The van der Waals surface area contributed by atoms with Gasteiger partial charge in [-0.15, -0.1) is 0 Å². The van der Waals surface area contributed by atoms with E-state index in [2.05, 4.69) is 27.8 Å². The number of hydrogen-bond donors (Lipinski definition) is 2. The van der Waals surface area contributed by atoms with Crippen LogP contribution in [0.3, 0.4) is 0 Å². The summed E-state index contributed by atoms with van der Waals surface area (Å²) < 4.78 is 5.84. The largest absolute Gasteiger partial charge is 0.489 e. The van der Waals surface area contributed by atoms with Gasteiger partial charge in [-0.25, -0.2) is 0 Å². The normalized spacial score (nSPS) is 28.6. The van der Waals surface area contributed by atoms with E-state index >= 15 is 0 Å². The molecule has 2 bridgehead atoms. The number of para-hydroxylation sites is 1. The van der Waals surface area contributed by atoms with Crippen molar-refractivity contribution in [3.8, 4) is 5.75 Å². The second kappa shape index (κ2) is 8.27. The number of guanidine groups is 1. The maximum absolute atomic E-state index is 12.7. The van der Waals surface area contributed by atoms with Crippen molar-refractivity contribution < 1.29 is 14.3 Å². The highest BCUT2D eigenvalue weighted by atomic mass is 16.5. The van der Waals surface area contributed by atoms with Gasteiger partial charge in [0, 0.05) is 20.1 Å². The highest BCUT2D eigenvalue weighted by molar-refractivity contribution is 6.06. The van der Waals surface area contributed by atoms with Crippen LogP contribution >= 0.6 is 0 Å². The SMILES string of the molecule is CN=C(NCCN1C(=O)C2C3C=CC(C3)C2C1=O)NCC(C)Oc1ccccc1. The summed E-state index contributed by atoms with van der Waals surface area (Å²) >= 11 is 0. The summed E-state index contributed by atoms with van der Waals surface area (Å²) in [4.78, 5) is 31.0. The Morgan fingerprint density at radius 1 is 1.14 bits per heavy atom. The van der Waals surface area contributed by atoms with Crippen LogP contribution in [-0.2, 0) is 9.59 Å². The molecule has 5 unspecified atom stereocenters. The zero-order valence-electron chi connectivity index (χ0n) is 16.9. The van der Waals surface area contributed by atoms with E-state index in [-0.39, 0.29) is 41.6 Å². The number of ether oxygens (including phenoxy) is 1. The van der Waals surface area contributed by atoms with Crippen molar-refractivity contribution in [2.24, 2.45) is 28.7 Å². The molecule has 1 aromatic carbocycles. The summed E-state index contributed by atoms with van der Waals surface area (Å²) in [6, 6.07) is 9.67. The van der Waals surface area contributed by atoms with Gasteiger partial charge in [0.15, 0.2) is 5.96 Å². The smallest absolute Gasteiger partial charge is 0.233 e. The number of likely N-dealkylation sites (tertiary alicyclic amines) is 1. The summed E-state index contributed by atoms with van der Waals surface area (Å²) in [5.74, 6) is 1.66. The first-order chi connectivity index (χ1) is 14.1. The predicted molar refractivity (Wildman–Crippen MR) is 110 cm³/mol. The van der Waals surface area contributed by atoms with Crippen LogP contribution in [0.1, 0.15) is 13.3 Å². The molecule has 1 aliphatic heterocycles. The maximum atomic E-state index is 12.7. The Labute approximate surface area is 171 Å². The van der Waals surface area contributed by atoms with Crippen molar-refractivity contribution in [2.75, 3.05) is 26.7 Å². The van der Waals surface area contributed by atoms with Gasteiger partial charge in [0.25, 0.3) is 0 Å². The number of amides is 2. The van der Waals surface area contributed by atoms with Gasteiger partial charge in [-0.1, -0.05) is 30.4 Å². The van der Waals surface area contributed by atoms with Crippen LogP contribution in [0, 0.1) is 23.7 Å². The van der Waals surface area contributed by atoms with Crippen LogP contribution in [-0.4, -0.2) is 55.5 Å². The van der Waals surface area contributed by atoms with E-state index in [0.29, 0.717) is 25.6 Å². The topological polar surface area (TPSA) is 83.0 Å². The number of fused-ring (bicyclic) bond motifs is 5. The molecule has 5 atom stereocenters. The van der Waals surface area contributed by atoms with E-state index in [1.54, 1.807) is 7.05 Å². The van der Waals surface area contributed by atoms with Gasteiger partial charge >= 0.3 is 0 Å². The molecular formula is C22H28N4O3. The van der Waals surface area contributed by atoms with Crippen LogP contribution in [0.25, 0.3) is 0 Å². The minimum Gasteiger partial charge on any atom is -0.489 e. The fourth-order valence-electron chi connectivity index (χ4n) is 4.70. The Morgan fingerprint density at radius 2 is 1.79 bits per heavy atom. The molecule has 2 aliphatic carbocycles. The zero-order valence-corrected chi connectivity index (χ0v) is 16.9. The molecule has 1 saturated carbocycles. The number of hydrogen-bond acceptors (Lipinski definition) is 4. The number of nitrogens with one attached hydrogen (secondary N) is 2. The quantitative estimate of drug-likeness (QED) is 0.315. The Hall–Kier alpha value is -2.83. The average molecular weight is 396 g/mol. The molecule has 7 heteroatoms. The number of rotatable bonds is 7. The third-order valence-corrected chi connectivity index (χ3v) is 6.05. The van der Waals surface area contributed by atoms with Crippen molar-refractivity contribution in [2.45, 2.75) is 19.4 Å². The van der Waals surface area contributed by atoms with E-state index in [0.717, 1.165) is 12.2 Å². The first-order valence-electron chi connectivity index (χ1n) is 10.3. The number of carbonyl (C=O) groups excluding carboxylic acids is 2. The molecule has 2 fully saturated rings. The van der Waals surface area contributed by atoms with Crippen molar-refractivity contribution >= 4 is 17.8 Å². The minimum absolute atomic E-state index is 0.00789. The molecule has 154 valence electrons. The van der Waals surface area contributed by atoms with Crippen LogP contribution < -0.4 is 15.4 Å². The molecule has 7 nitrogen and oxygen atoms in total. The van der Waals surface area contributed by atoms with Gasteiger partial charge in [0.05, 0.1) is 18.4 Å². The Bertz CT molecular complexity index is 793. The fourth-order valence-corrected chi connectivity index (χ4v) is 4.70. The number of allylic oxidation sites excluding steroid dienone is 2. The lowest BCUT2D eigenvalue weighted by molar-refractivity contribution is -0.140. The van der Waals surface area contributed by atoms with Gasteiger partial charge in [-0.05, 0) is 37.3 Å². The molecule has 0 spiro atoms. The lowest BCUT2D eigenvalue weighted by atomic mass is 9.85. The summed E-state index contributed by atoms with van der Waals surface area (Å²) in [5.41, 5.74) is 0. The predicted octanol–water partition coefficient (Wildman–Crippen LogP) is 1.43. The van der Waals surface area contributed by atoms with Crippen LogP contribution in [0.2, 0.25) is 0 Å². The molecular weight excluding hydrogens is 368 g/mol. The molecule has 2 N–H and O–H groups in total. The van der Waals surface area contributed by atoms with Crippen molar-refractivity contribution in [1.82, 2.24) is 15.5 Å². The lowest BCUT2D eigenvalue weighted by Crippen LogP contribution is -2.45. The monoisotopic (exact) mass is 396 g/mol. The third-order valence-electron chi connectivity index (χ3n) is 6.05. The van der Waals surface area contributed by atoms with Crippen molar-refractivity contribution in [3.63, 3.8) is 0 Å². The maximum Gasteiger partial charge on any atom is 0.233 e. The zero-order chi connectivity index (χ0) is 20.4. The van der Waals surface area contributed by atoms with E-state index in [9.17, 15) is 9.59 Å². The number of aliphatic imine (C=N–C) groups is 1. The third kappa shape index (κ3) is 3.86. The lowest BCUT2D eigenvalue weighted by Gasteiger charge is -2.20. The molecule has 0 aromatic heterocycles. The average Bonchev–Trinajstić information content (AvgIpc) is 3.40. The highest BCUT2D eigenvalue weighted by Crippen LogP contribution is 2.52. The highest BCUT2D eigenvalue weighted by Gasteiger charge is 2.58. The fraction of sp³-hybridized carbons (Fsp3) is 0.500. The Morgan fingerprint density at radius 3 is 2.41 bits per heavy atom. The summed E-state index contributed by atoms with van der Waals surface area (Å²) in [6.45, 7) is 3.39. The van der Waals surface area contributed by atoms with Crippen molar-refractivity contribution in [1.29, 1.82) is 0 Å². The summed E-state index contributed by atoms with van der Waals surface area (Å²) in [5, 5.41) is 6.40. The van der Waals surface area contributed by atoms with Crippen molar-refractivity contribution in [3.05, 3.63) is 42.5 Å². The van der Waals surface area contributed by atoms with E-state index in [4.69, 9.17) is 4.74 Å². The first-order valence-corrected chi connectivity index (χ1v) is 10.3. The number of imide groups is 1. The number of carbonyl (C=O) groups is 2. The Balaban J connectivity index is 1.21. The van der Waals surface area contributed by atoms with Crippen LogP contribution in [0.5, 0.6) is 5.75 Å². The van der Waals surface area contributed by atoms with Gasteiger partial charge in [-0.2, -0.15) is 0 Å². The summed E-state index contributed by atoms with van der Waals surface area (Å²) in [6.07, 6.45) is 5.14. The minimum atomic E-state index is -0.133. The molecule has 3 aliphatic rings. The van der Waals surface area contributed by atoms with E-state index in [1.807, 2.05) is 37.3 Å². The van der Waals surface area contributed by atoms with Gasteiger partial charge < -0.3 is 15.4 Å². The van der Waals surface area contributed by atoms with Crippen LogP contribution in [0.4, 0.5) is 0 Å². The standard InChI is InChI=1S/C22H28N4O3/c1-14(29-17-6-4-3-5-7-17)13-25-22(23-2)24-10-11-26-20(27)18-15-8-9-16(12-15)19(18)21(26)28/h3-9,14-16,18-19H,10-13H2,1-2H3,(H2,23,24,25). The molecule has 4 rings (SSSR count). The summed E-state index contributed by atoms with van der Waals surface area (Å²) in [7, 11) is 1.69. The Kier molecular flexibility index (Phi) is 5.56. The second-order valence-corrected chi connectivity index (χ2v) is 7.95. The molecule has 1 saturated heterocycles. The molecule has 1 aromatic rings. The molecule has 1 heterocycles. The molecule has 29 heavy (non-hydrogen) atoms. The first kappa shape index (κ1) is 19.5.